The molecule has 0 aliphatic carbocycles. The van der Waals surface area contributed by atoms with E-state index in [1.165, 1.54) is 0 Å². The van der Waals surface area contributed by atoms with Crippen molar-refractivity contribution >= 4 is 11.1 Å². The summed E-state index contributed by atoms with van der Waals surface area (Å²) in [6, 6.07) is 7.64. The molecule has 1 heterocycles. The van der Waals surface area contributed by atoms with E-state index >= 15 is 0 Å². The first-order valence-corrected chi connectivity index (χ1v) is 6.77. The van der Waals surface area contributed by atoms with E-state index in [1.54, 1.807) is 0 Å². The summed E-state index contributed by atoms with van der Waals surface area (Å²) < 4.78 is 27.2. The molecule has 0 N–H and O–H groups in total. The van der Waals surface area contributed by atoms with Gasteiger partial charge in [0.25, 0.3) is 0 Å². The van der Waals surface area contributed by atoms with Gasteiger partial charge in [0.2, 0.25) is 0 Å². The van der Waals surface area contributed by atoms with Crippen molar-refractivity contribution in [2.75, 3.05) is 6.61 Å². The van der Waals surface area contributed by atoms with Gasteiger partial charge in [-0.25, -0.2) is 0 Å². The molecule has 0 radical (unpaired) electrons. The summed E-state index contributed by atoms with van der Waals surface area (Å²) in [6.07, 6.45) is 3.32. The van der Waals surface area contributed by atoms with E-state index in [0.717, 1.165) is 37.0 Å². The highest BCUT2D eigenvalue weighted by Crippen LogP contribution is 2.30. The molecule has 0 bridgehead atoms. The zero-order valence-corrected chi connectivity index (χ0v) is 9.87. The van der Waals surface area contributed by atoms with E-state index in [4.69, 9.17) is 4.74 Å². The van der Waals surface area contributed by atoms with Crippen LogP contribution in [0.3, 0.4) is 0 Å². The van der Waals surface area contributed by atoms with Gasteiger partial charge >= 0.3 is 0 Å². The summed E-state index contributed by atoms with van der Waals surface area (Å²) >= 11 is -2.04. The van der Waals surface area contributed by atoms with Gasteiger partial charge in [0, 0.05) is 12.4 Å². The second kappa shape index (κ2) is 5.57. The highest BCUT2D eigenvalue weighted by molar-refractivity contribution is 7.78. The minimum absolute atomic E-state index is 0.0773. The Bertz CT molecular complexity index is 372. The topological polar surface area (TPSA) is 49.4 Å². The number of benzene rings is 1. The molecule has 1 fully saturated rings. The molecule has 2 rings (SSSR count). The lowest BCUT2D eigenvalue weighted by Crippen LogP contribution is -2.13. The van der Waals surface area contributed by atoms with Crippen LogP contribution in [0.1, 0.15) is 36.5 Å². The van der Waals surface area contributed by atoms with Gasteiger partial charge in [-0.15, -0.1) is 0 Å². The smallest absolute Gasteiger partial charge is 0.0827 e. The average Bonchev–Trinajstić information content (AvgIpc) is 2.30. The third-order valence-electron chi connectivity index (χ3n) is 2.86. The lowest BCUT2D eigenvalue weighted by Gasteiger charge is -2.25. The van der Waals surface area contributed by atoms with Crippen LogP contribution in [-0.2, 0) is 21.6 Å². The van der Waals surface area contributed by atoms with Crippen molar-refractivity contribution in [3.05, 3.63) is 35.4 Å². The van der Waals surface area contributed by atoms with E-state index in [-0.39, 0.29) is 11.9 Å². The molecule has 2 unspecified atom stereocenters. The second-order valence-electron chi connectivity index (χ2n) is 4.00. The normalized spacial score (nSPS) is 22.9. The van der Waals surface area contributed by atoms with Gasteiger partial charge in [-0.2, -0.15) is 0 Å². The van der Waals surface area contributed by atoms with Crippen LogP contribution in [0.2, 0.25) is 0 Å². The third-order valence-corrected chi connectivity index (χ3v) is 3.40. The first-order chi connectivity index (χ1) is 7.77. The van der Waals surface area contributed by atoms with Crippen molar-refractivity contribution in [3.63, 3.8) is 0 Å². The van der Waals surface area contributed by atoms with Crippen LogP contribution < -0.4 is 0 Å². The van der Waals surface area contributed by atoms with Crippen LogP contribution in [0, 0.1) is 0 Å². The predicted molar refractivity (Wildman–Crippen MR) is 61.6 cm³/mol. The molecule has 1 aromatic carbocycles. The maximum Gasteiger partial charge on any atom is 0.0827 e. The molecule has 1 aliphatic heterocycles. The van der Waals surface area contributed by atoms with Crippen molar-refractivity contribution in [2.24, 2.45) is 0 Å². The molecule has 0 aromatic heterocycles. The van der Waals surface area contributed by atoms with Gasteiger partial charge < -0.3 is 9.29 Å². The number of hydrogen-bond acceptors (Lipinski definition) is 3. The maximum absolute atomic E-state index is 10.8. The van der Waals surface area contributed by atoms with Crippen LogP contribution in [0.5, 0.6) is 0 Å². The fourth-order valence-electron chi connectivity index (χ4n) is 2.09. The van der Waals surface area contributed by atoms with Crippen molar-refractivity contribution in [3.8, 4) is 0 Å². The van der Waals surface area contributed by atoms with Crippen LogP contribution >= 0.6 is 0 Å². The Morgan fingerprint density at radius 2 is 2.19 bits per heavy atom. The highest BCUT2D eigenvalue weighted by atomic mass is 32.2. The Hall–Kier alpha value is -0.710. The molecule has 0 amide bonds. The third kappa shape index (κ3) is 2.90. The first kappa shape index (κ1) is 11.8. The molecule has 2 atom stereocenters. The van der Waals surface area contributed by atoms with E-state index < -0.39 is 11.1 Å². The van der Waals surface area contributed by atoms with Crippen molar-refractivity contribution in [1.82, 2.24) is 0 Å². The Morgan fingerprint density at radius 3 is 2.88 bits per heavy atom. The lowest BCUT2D eigenvalue weighted by atomic mass is 9.97. The Balaban J connectivity index is 2.20. The van der Waals surface area contributed by atoms with E-state index in [2.05, 4.69) is 0 Å². The summed E-state index contributed by atoms with van der Waals surface area (Å²) in [5.74, 6) is 0.0794. The molecular weight excluding hydrogens is 224 g/mol. The molecule has 16 heavy (non-hydrogen) atoms. The Morgan fingerprint density at radius 1 is 1.38 bits per heavy atom. The molecule has 1 saturated heterocycles. The molecular formula is C12H15O3S-. The quantitative estimate of drug-likeness (QED) is 0.760. The number of hydrogen-bond donors (Lipinski definition) is 0. The minimum Gasteiger partial charge on any atom is -0.772 e. The highest BCUT2D eigenvalue weighted by Gasteiger charge is 2.18. The maximum atomic E-state index is 10.8. The van der Waals surface area contributed by atoms with Crippen molar-refractivity contribution in [1.29, 1.82) is 0 Å². The predicted octanol–water partition coefficient (Wildman–Crippen LogP) is 2.31. The van der Waals surface area contributed by atoms with Crippen LogP contribution in [-0.4, -0.2) is 15.4 Å². The zero-order chi connectivity index (χ0) is 11.4. The van der Waals surface area contributed by atoms with Gasteiger partial charge in [-0.3, -0.25) is 4.21 Å². The second-order valence-corrected chi connectivity index (χ2v) is 4.90. The van der Waals surface area contributed by atoms with Crippen LogP contribution in [0.4, 0.5) is 0 Å². The van der Waals surface area contributed by atoms with E-state index in [9.17, 15) is 8.76 Å². The summed E-state index contributed by atoms with van der Waals surface area (Å²) in [5, 5.41) is 0. The number of ether oxygens (including phenoxy) is 1. The molecule has 0 saturated carbocycles. The van der Waals surface area contributed by atoms with Gasteiger partial charge in [-0.1, -0.05) is 35.3 Å². The van der Waals surface area contributed by atoms with E-state index in [0.29, 0.717) is 0 Å². The molecule has 1 aliphatic rings. The first-order valence-electron chi connectivity index (χ1n) is 5.52. The fourth-order valence-corrected chi connectivity index (χ4v) is 2.61. The molecule has 4 heteroatoms. The zero-order valence-electron chi connectivity index (χ0n) is 9.06. The van der Waals surface area contributed by atoms with Gasteiger partial charge in [0.05, 0.1) is 6.10 Å². The summed E-state index contributed by atoms with van der Waals surface area (Å²) in [5.41, 5.74) is 1.90. The SMILES string of the molecule is O=S([O-])Cc1ccccc1C1CCCCO1. The van der Waals surface area contributed by atoms with Crippen LogP contribution in [0.15, 0.2) is 24.3 Å². The Labute approximate surface area is 98.1 Å². The molecule has 3 nitrogen and oxygen atoms in total. The van der Waals surface area contributed by atoms with E-state index in [1.807, 2.05) is 24.3 Å². The largest absolute Gasteiger partial charge is 0.772 e. The van der Waals surface area contributed by atoms with Gasteiger partial charge in [-0.05, 0) is 30.4 Å². The molecule has 1 aromatic rings. The minimum atomic E-state index is -2.04. The van der Waals surface area contributed by atoms with Crippen molar-refractivity contribution < 1.29 is 13.5 Å². The lowest BCUT2D eigenvalue weighted by molar-refractivity contribution is 0.0145. The molecule has 88 valence electrons. The van der Waals surface area contributed by atoms with Crippen molar-refractivity contribution in [2.45, 2.75) is 31.1 Å². The average molecular weight is 239 g/mol. The van der Waals surface area contributed by atoms with Crippen LogP contribution in [0.25, 0.3) is 0 Å². The Kier molecular flexibility index (Phi) is 4.09. The van der Waals surface area contributed by atoms with Gasteiger partial charge in [0.15, 0.2) is 0 Å². The molecule has 0 spiro atoms. The summed E-state index contributed by atoms with van der Waals surface area (Å²) in [4.78, 5) is 0. The standard InChI is InChI=1S/C12H16O3S/c13-16(14)9-10-5-1-2-6-11(10)12-7-3-4-8-15-12/h1-2,5-6,12H,3-4,7-9H2,(H,13,14)/p-1. The monoisotopic (exact) mass is 239 g/mol. The van der Waals surface area contributed by atoms with Gasteiger partial charge in [0.1, 0.15) is 0 Å². The summed E-state index contributed by atoms with van der Waals surface area (Å²) in [6.45, 7) is 0.777. The summed E-state index contributed by atoms with van der Waals surface area (Å²) in [7, 11) is 0. The number of rotatable bonds is 3. The fraction of sp³-hybridized carbons (Fsp3) is 0.500.